The number of hydrogen-bond acceptors (Lipinski definition) is 3. The highest BCUT2D eigenvalue weighted by atomic mass is 35.5. The van der Waals surface area contributed by atoms with Crippen LogP contribution >= 0.6 is 11.6 Å². The number of aliphatic hydroxyl groups is 1. The van der Waals surface area contributed by atoms with Crippen molar-refractivity contribution in [2.24, 2.45) is 5.92 Å². The van der Waals surface area contributed by atoms with Gasteiger partial charge >= 0.3 is 0 Å². The van der Waals surface area contributed by atoms with Crippen LogP contribution in [0.2, 0.25) is 5.02 Å². The summed E-state index contributed by atoms with van der Waals surface area (Å²) in [5.74, 6) is 0.632. The van der Waals surface area contributed by atoms with Crippen molar-refractivity contribution in [2.75, 3.05) is 24.6 Å². The number of nitrogens with zero attached hydrogens (tertiary/aromatic N) is 1. The van der Waals surface area contributed by atoms with Crippen LogP contribution in [0.4, 0.5) is 5.69 Å². The summed E-state index contributed by atoms with van der Waals surface area (Å²) in [4.78, 5) is 2.30. The summed E-state index contributed by atoms with van der Waals surface area (Å²) in [6.07, 6.45) is 3.40. The van der Waals surface area contributed by atoms with Crippen molar-refractivity contribution in [3.05, 3.63) is 28.8 Å². The summed E-state index contributed by atoms with van der Waals surface area (Å²) in [5, 5.41) is 13.9. The van der Waals surface area contributed by atoms with Gasteiger partial charge in [-0.2, -0.15) is 0 Å². The van der Waals surface area contributed by atoms with E-state index in [0.29, 0.717) is 5.92 Å². The molecule has 0 aromatic heterocycles. The quantitative estimate of drug-likeness (QED) is 0.845. The molecule has 0 spiro atoms. The topological polar surface area (TPSA) is 35.5 Å². The summed E-state index contributed by atoms with van der Waals surface area (Å²) >= 11 is 6.48. The molecule has 2 N–H and O–H groups in total. The Morgan fingerprint density at radius 1 is 1.38 bits per heavy atom. The molecule has 3 nitrogen and oxygen atoms in total. The zero-order chi connectivity index (χ0) is 15.2. The molecule has 21 heavy (non-hydrogen) atoms. The van der Waals surface area contributed by atoms with Crippen LogP contribution in [0.3, 0.4) is 0 Å². The van der Waals surface area contributed by atoms with E-state index in [1.807, 2.05) is 12.1 Å². The van der Waals surface area contributed by atoms with Crippen LogP contribution in [0.5, 0.6) is 0 Å². The average Bonchev–Trinajstić information content (AvgIpc) is 2.47. The first kappa shape index (κ1) is 16.6. The second kappa shape index (κ2) is 8.02. The van der Waals surface area contributed by atoms with Crippen molar-refractivity contribution in [3.63, 3.8) is 0 Å². The number of aliphatic hydroxyl groups excluding tert-OH is 1. The number of piperidine rings is 1. The van der Waals surface area contributed by atoms with E-state index in [1.165, 1.54) is 18.4 Å². The lowest BCUT2D eigenvalue weighted by atomic mass is 10.00. The monoisotopic (exact) mass is 310 g/mol. The van der Waals surface area contributed by atoms with Crippen LogP contribution in [0.25, 0.3) is 0 Å². The second-order valence-electron chi connectivity index (χ2n) is 6.30. The fourth-order valence-corrected chi connectivity index (χ4v) is 3.31. The number of nitrogens with one attached hydrogen (secondary N) is 1. The maximum absolute atomic E-state index is 9.65. The highest BCUT2D eigenvalue weighted by Crippen LogP contribution is 2.34. The van der Waals surface area contributed by atoms with E-state index in [1.54, 1.807) is 0 Å². The molecule has 1 aliphatic heterocycles. The van der Waals surface area contributed by atoms with E-state index in [2.05, 4.69) is 30.1 Å². The highest BCUT2D eigenvalue weighted by molar-refractivity contribution is 6.33. The van der Waals surface area contributed by atoms with Crippen molar-refractivity contribution in [1.82, 2.24) is 5.32 Å². The van der Waals surface area contributed by atoms with Gasteiger partial charge in [0.15, 0.2) is 0 Å². The zero-order valence-electron chi connectivity index (χ0n) is 13.1. The third-order valence-electron chi connectivity index (χ3n) is 4.06. The fraction of sp³-hybridized carbons (Fsp3) is 0.647. The van der Waals surface area contributed by atoms with E-state index >= 15 is 0 Å². The molecule has 1 fully saturated rings. The summed E-state index contributed by atoms with van der Waals surface area (Å²) < 4.78 is 0. The van der Waals surface area contributed by atoms with Crippen LogP contribution in [0.1, 0.15) is 38.7 Å². The Morgan fingerprint density at radius 2 is 2.19 bits per heavy atom. The van der Waals surface area contributed by atoms with E-state index < -0.39 is 0 Å². The van der Waals surface area contributed by atoms with Gasteiger partial charge in [0.05, 0.1) is 23.4 Å². The predicted octanol–water partition coefficient (Wildman–Crippen LogP) is 3.44. The van der Waals surface area contributed by atoms with Gasteiger partial charge in [0, 0.05) is 13.1 Å². The Hall–Kier alpha value is -0.770. The summed E-state index contributed by atoms with van der Waals surface area (Å²) in [5.41, 5.74) is 2.33. The molecule has 0 aliphatic carbocycles. The number of rotatable bonds is 6. The Balaban J connectivity index is 2.19. The molecule has 1 saturated heterocycles. The van der Waals surface area contributed by atoms with Gasteiger partial charge in [0.2, 0.25) is 0 Å². The lowest BCUT2D eigenvalue weighted by Gasteiger charge is -2.38. The Kier molecular flexibility index (Phi) is 6.34. The van der Waals surface area contributed by atoms with E-state index in [9.17, 15) is 5.11 Å². The predicted molar refractivity (Wildman–Crippen MR) is 90.1 cm³/mol. The van der Waals surface area contributed by atoms with Crippen LogP contribution in [0.15, 0.2) is 18.2 Å². The maximum atomic E-state index is 9.65. The van der Waals surface area contributed by atoms with Crippen LogP contribution in [-0.2, 0) is 6.54 Å². The number of halogens is 1. The average molecular weight is 311 g/mol. The first-order valence-corrected chi connectivity index (χ1v) is 8.37. The zero-order valence-corrected chi connectivity index (χ0v) is 13.9. The summed E-state index contributed by atoms with van der Waals surface area (Å²) in [7, 11) is 0. The molecular formula is C17H27ClN2O. The lowest BCUT2D eigenvalue weighted by Crippen LogP contribution is -2.42. The van der Waals surface area contributed by atoms with Crippen LogP contribution in [-0.4, -0.2) is 30.8 Å². The van der Waals surface area contributed by atoms with E-state index in [-0.39, 0.29) is 12.6 Å². The number of anilines is 1. The van der Waals surface area contributed by atoms with Crippen LogP contribution < -0.4 is 10.2 Å². The molecule has 2 rings (SSSR count). The standard InChI is InChI=1S/C17H27ClN2O/c1-13(2)10-19-11-14-6-5-8-16(18)17(14)20-9-4-3-7-15(20)12-21/h5-6,8,13,15,19,21H,3-4,7,9-12H2,1-2H3. The molecule has 0 amide bonds. The summed E-state index contributed by atoms with van der Waals surface area (Å²) in [6, 6.07) is 6.29. The molecule has 1 atom stereocenters. The molecule has 1 aromatic rings. The van der Waals surface area contributed by atoms with Crippen LogP contribution in [0, 0.1) is 5.92 Å². The smallest absolute Gasteiger partial charge is 0.0643 e. The van der Waals surface area contributed by atoms with Crippen molar-refractivity contribution in [2.45, 2.75) is 45.7 Å². The lowest BCUT2D eigenvalue weighted by molar-refractivity contribution is 0.240. The third kappa shape index (κ3) is 4.35. The van der Waals surface area contributed by atoms with Crippen molar-refractivity contribution in [1.29, 1.82) is 0 Å². The first-order chi connectivity index (χ1) is 10.1. The minimum absolute atomic E-state index is 0.197. The third-order valence-corrected chi connectivity index (χ3v) is 4.37. The highest BCUT2D eigenvalue weighted by Gasteiger charge is 2.25. The van der Waals surface area contributed by atoms with Gasteiger partial charge in [-0.05, 0) is 43.4 Å². The van der Waals surface area contributed by atoms with Gasteiger partial charge in [-0.15, -0.1) is 0 Å². The fourth-order valence-electron chi connectivity index (χ4n) is 3.00. The normalized spacial score (nSPS) is 19.3. The molecule has 1 aromatic carbocycles. The molecule has 4 heteroatoms. The summed E-state index contributed by atoms with van der Waals surface area (Å²) in [6.45, 7) is 7.41. The number of para-hydroxylation sites is 1. The Labute approximate surface area is 133 Å². The Bertz CT molecular complexity index is 450. The van der Waals surface area contributed by atoms with Crippen molar-refractivity contribution in [3.8, 4) is 0 Å². The van der Waals surface area contributed by atoms with Gasteiger partial charge in [0.25, 0.3) is 0 Å². The maximum Gasteiger partial charge on any atom is 0.0643 e. The van der Waals surface area contributed by atoms with Crippen molar-refractivity contribution < 1.29 is 5.11 Å². The molecule has 118 valence electrons. The van der Waals surface area contributed by atoms with Gasteiger partial charge in [0.1, 0.15) is 0 Å². The molecule has 1 unspecified atom stereocenters. The van der Waals surface area contributed by atoms with E-state index in [0.717, 1.165) is 36.8 Å². The molecule has 1 heterocycles. The van der Waals surface area contributed by atoms with Gasteiger partial charge in [-0.1, -0.05) is 37.6 Å². The molecule has 0 radical (unpaired) electrons. The molecular weight excluding hydrogens is 284 g/mol. The Morgan fingerprint density at radius 3 is 2.90 bits per heavy atom. The number of hydrogen-bond donors (Lipinski definition) is 2. The van der Waals surface area contributed by atoms with Crippen molar-refractivity contribution >= 4 is 17.3 Å². The molecule has 0 saturated carbocycles. The van der Waals surface area contributed by atoms with Gasteiger partial charge < -0.3 is 15.3 Å². The minimum Gasteiger partial charge on any atom is -0.394 e. The van der Waals surface area contributed by atoms with Gasteiger partial charge in [-0.25, -0.2) is 0 Å². The largest absolute Gasteiger partial charge is 0.394 e. The molecule has 1 aliphatic rings. The minimum atomic E-state index is 0.197. The second-order valence-corrected chi connectivity index (χ2v) is 6.71. The SMILES string of the molecule is CC(C)CNCc1cccc(Cl)c1N1CCCCC1CO. The number of benzene rings is 1. The first-order valence-electron chi connectivity index (χ1n) is 7.99. The van der Waals surface area contributed by atoms with Gasteiger partial charge in [-0.3, -0.25) is 0 Å². The van der Waals surface area contributed by atoms with E-state index in [4.69, 9.17) is 11.6 Å². The molecule has 0 bridgehead atoms.